The summed E-state index contributed by atoms with van der Waals surface area (Å²) in [5.41, 5.74) is 17.5. The highest BCUT2D eigenvalue weighted by atomic mass is 14.9. The zero-order chi connectivity index (χ0) is 34.4. The van der Waals surface area contributed by atoms with Crippen LogP contribution in [0.1, 0.15) is 25.0 Å². The lowest BCUT2D eigenvalue weighted by Crippen LogP contribution is -2.14. The maximum atomic E-state index is 5.17. The SMILES string of the molecule is CC1(C)c2ccccc2-c2c(-c3ccc(-c4cccc(-c5cc(-c6ccccc6)nc(-c6cccc(-c7ccccc7)c6)n5)c4)cc3)cccc21. The van der Waals surface area contributed by atoms with E-state index in [1.165, 1.54) is 44.5 Å². The number of benzene rings is 7. The van der Waals surface area contributed by atoms with Crippen molar-refractivity contribution in [3.63, 3.8) is 0 Å². The normalized spacial score (nSPS) is 12.7. The van der Waals surface area contributed by atoms with Gasteiger partial charge in [-0.05, 0) is 73.8 Å². The largest absolute Gasteiger partial charge is 0.228 e. The van der Waals surface area contributed by atoms with Gasteiger partial charge in [-0.25, -0.2) is 9.97 Å². The van der Waals surface area contributed by atoms with Gasteiger partial charge >= 0.3 is 0 Å². The Kier molecular flexibility index (Phi) is 7.51. The highest BCUT2D eigenvalue weighted by Gasteiger charge is 2.36. The third-order valence-corrected chi connectivity index (χ3v) is 10.3. The van der Waals surface area contributed by atoms with E-state index in [4.69, 9.17) is 9.97 Å². The van der Waals surface area contributed by atoms with Gasteiger partial charge in [0, 0.05) is 22.1 Å². The summed E-state index contributed by atoms with van der Waals surface area (Å²) in [6, 6.07) is 64.8. The molecular formula is C49H36N2. The summed E-state index contributed by atoms with van der Waals surface area (Å²) in [4.78, 5) is 10.3. The van der Waals surface area contributed by atoms with Crippen LogP contribution in [0.2, 0.25) is 0 Å². The van der Waals surface area contributed by atoms with Crippen molar-refractivity contribution in [1.29, 1.82) is 0 Å². The molecule has 0 aliphatic heterocycles. The lowest BCUT2D eigenvalue weighted by Gasteiger charge is -2.21. The molecule has 242 valence electrons. The molecule has 1 heterocycles. The molecule has 0 saturated carbocycles. The monoisotopic (exact) mass is 652 g/mol. The minimum absolute atomic E-state index is 0.0196. The van der Waals surface area contributed by atoms with Crippen molar-refractivity contribution in [3.8, 4) is 78.4 Å². The minimum atomic E-state index is -0.0196. The molecule has 0 N–H and O–H groups in total. The first-order chi connectivity index (χ1) is 25.0. The Labute approximate surface area is 299 Å². The average molecular weight is 653 g/mol. The molecule has 0 fully saturated rings. The van der Waals surface area contributed by atoms with Crippen molar-refractivity contribution in [2.24, 2.45) is 0 Å². The molecule has 51 heavy (non-hydrogen) atoms. The smallest absolute Gasteiger partial charge is 0.160 e. The Morgan fingerprint density at radius 3 is 1.53 bits per heavy atom. The summed E-state index contributed by atoms with van der Waals surface area (Å²) in [6.07, 6.45) is 0. The lowest BCUT2D eigenvalue weighted by atomic mass is 9.82. The van der Waals surface area contributed by atoms with Crippen LogP contribution in [-0.4, -0.2) is 9.97 Å². The van der Waals surface area contributed by atoms with Gasteiger partial charge in [-0.1, -0.05) is 178 Å². The maximum Gasteiger partial charge on any atom is 0.160 e. The van der Waals surface area contributed by atoms with Crippen molar-refractivity contribution in [1.82, 2.24) is 9.97 Å². The van der Waals surface area contributed by atoms with Gasteiger partial charge in [-0.15, -0.1) is 0 Å². The topological polar surface area (TPSA) is 25.8 Å². The van der Waals surface area contributed by atoms with E-state index < -0.39 is 0 Å². The minimum Gasteiger partial charge on any atom is -0.228 e. The highest BCUT2D eigenvalue weighted by molar-refractivity contribution is 5.93. The van der Waals surface area contributed by atoms with E-state index in [1.807, 2.05) is 12.1 Å². The Morgan fingerprint density at radius 2 is 0.804 bits per heavy atom. The number of nitrogens with zero attached hydrogens (tertiary/aromatic N) is 2. The van der Waals surface area contributed by atoms with E-state index in [1.54, 1.807) is 0 Å². The summed E-state index contributed by atoms with van der Waals surface area (Å²) in [5, 5.41) is 0. The predicted octanol–water partition coefficient (Wildman–Crippen LogP) is 12.8. The van der Waals surface area contributed by atoms with Crippen LogP contribution in [0.4, 0.5) is 0 Å². The van der Waals surface area contributed by atoms with Crippen molar-refractivity contribution in [2.45, 2.75) is 19.3 Å². The van der Waals surface area contributed by atoms with E-state index in [2.05, 4.69) is 184 Å². The second-order valence-corrected chi connectivity index (χ2v) is 13.8. The molecule has 1 aromatic heterocycles. The summed E-state index contributed by atoms with van der Waals surface area (Å²) in [5.74, 6) is 0.707. The first-order valence-corrected chi connectivity index (χ1v) is 17.6. The van der Waals surface area contributed by atoms with Crippen LogP contribution in [-0.2, 0) is 5.41 Å². The second kappa shape index (κ2) is 12.5. The number of aromatic nitrogens is 2. The Bertz CT molecular complexity index is 2530. The van der Waals surface area contributed by atoms with Crippen LogP contribution in [0.3, 0.4) is 0 Å². The molecule has 2 nitrogen and oxygen atoms in total. The number of rotatable bonds is 6. The third-order valence-electron chi connectivity index (χ3n) is 10.3. The molecule has 0 bridgehead atoms. The molecule has 1 aliphatic rings. The fraction of sp³-hybridized carbons (Fsp3) is 0.0612. The molecule has 2 heteroatoms. The summed E-state index contributed by atoms with van der Waals surface area (Å²) in [7, 11) is 0. The Morgan fingerprint density at radius 1 is 0.333 bits per heavy atom. The molecule has 0 amide bonds. The van der Waals surface area contributed by atoms with Gasteiger partial charge in [-0.3, -0.25) is 0 Å². The van der Waals surface area contributed by atoms with Crippen LogP contribution >= 0.6 is 0 Å². The molecule has 0 unspecified atom stereocenters. The first-order valence-electron chi connectivity index (χ1n) is 17.6. The maximum absolute atomic E-state index is 5.17. The first kappa shape index (κ1) is 30.7. The third kappa shape index (κ3) is 5.56. The molecule has 8 aromatic rings. The van der Waals surface area contributed by atoms with E-state index >= 15 is 0 Å². The lowest BCUT2D eigenvalue weighted by molar-refractivity contribution is 0.660. The summed E-state index contributed by atoms with van der Waals surface area (Å²) < 4.78 is 0. The highest BCUT2D eigenvalue weighted by Crippen LogP contribution is 2.52. The molecule has 0 spiro atoms. The Hall–Kier alpha value is -6.38. The van der Waals surface area contributed by atoms with Gasteiger partial charge in [0.25, 0.3) is 0 Å². The molecule has 1 aliphatic carbocycles. The van der Waals surface area contributed by atoms with Gasteiger partial charge in [0.15, 0.2) is 5.82 Å². The summed E-state index contributed by atoms with van der Waals surface area (Å²) >= 11 is 0. The fourth-order valence-electron chi connectivity index (χ4n) is 7.64. The molecular weight excluding hydrogens is 617 g/mol. The number of hydrogen-bond donors (Lipinski definition) is 0. The fourth-order valence-corrected chi connectivity index (χ4v) is 7.64. The van der Waals surface area contributed by atoms with Gasteiger partial charge in [0.05, 0.1) is 11.4 Å². The van der Waals surface area contributed by atoms with E-state index in [0.717, 1.165) is 39.2 Å². The standard InChI is InChI=1S/C49H36N2/c1-49(2)43-24-10-9-22-42(43)47-41(23-13-25-44(47)49)35-28-26-34(27-29-35)37-18-11-20-39(30-37)46-32-45(36-16-7-4-8-17-36)50-48(51-46)40-21-12-19-38(31-40)33-14-5-3-6-15-33/h3-32H,1-2H3. The quantitative estimate of drug-likeness (QED) is 0.179. The molecule has 9 rings (SSSR count). The van der Waals surface area contributed by atoms with Crippen molar-refractivity contribution < 1.29 is 0 Å². The average Bonchev–Trinajstić information content (AvgIpc) is 3.44. The van der Waals surface area contributed by atoms with Crippen molar-refractivity contribution in [3.05, 3.63) is 193 Å². The van der Waals surface area contributed by atoms with E-state index in [9.17, 15) is 0 Å². The zero-order valence-electron chi connectivity index (χ0n) is 28.7. The summed E-state index contributed by atoms with van der Waals surface area (Å²) in [6.45, 7) is 4.67. The second-order valence-electron chi connectivity index (χ2n) is 13.8. The zero-order valence-corrected chi connectivity index (χ0v) is 28.7. The van der Waals surface area contributed by atoms with Crippen molar-refractivity contribution in [2.75, 3.05) is 0 Å². The van der Waals surface area contributed by atoms with Crippen LogP contribution in [0, 0.1) is 0 Å². The van der Waals surface area contributed by atoms with Gasteiger partial charge in [0.1, 0.15) is 0 Å². The van der Waals surface area contributed by atoms with Gasteiger partial charge < -0.3 is 0 Å². The van der Waals surface area contributed by atoms with E-state index in [0.29, 0.717) is 5.82 Å². The van der Waals surface area contributed by atoms with Gasteiger partial charge in [0.2, 0.25) is 0 Å². The Balaban J connectivity index is 1.09. The van der Waals surface area contributed by atoms with Gasteiger partial charge in [-0.2, -0.15) is 0 Å². The molecule has 0 radical (unpaired) electrons. The molecule has 7 aromatic carbocycles. The van der Waals surface area contributed by atoms with E-state index in [-0.39, 0.29) is 5.41 Å². The van der Waals surface area contributed by atoms with Crippen LogP contribution in [0.5, 0.6) is 0 Å². The predicted molar refractivity (Wildman–Crippen MR) is 212 cm³/mol. The van der Waals surface area contributed by atoms with Crippen LogP contribution in [0.15, 0.2) is 182 Å². The van der Waals surface area contributed by atoms with Crippen molar-refractivity contribution >= 4 is 0 Å². The molecule has 0 saturated heterocycles. The molecule has 0 atom stereocenters. The van der Waals surface area contributed by atoms with Crippen LogP contribution in [0.25, 0.3) is 78.4 Å². The number of fused-ring (bicyclic) bond motifs is 3. The van der Waals surface area contributed by atoms with Crippen LogP contribution < -0.4 is 0 Å². The number of hydrogen-bond acceptors (Lipinski definition) is 2.